The predicted octanol–water partition coefficient (Wildman–Crippen LogP) is 2.70. The van der Waals surface area contributed by atoms with Crippen LogP contribution in [0.15, 0.2) is 24.7 Å². The Kier molecular flexibility index (Phi) is 4.18. The molecule has 2 heterocycles. The highest BCUT2D eigenvalue weighted by Crippen LogP contribution is 2.18. The number of carbonyl (C=O) groups excluding carboxylic acids is 1. The molecule has 0 atom stereocenters. The van der Waals surface area contributed by atoms with Crippen LogP contribution >= 0.6 is 34.2 Å². The molecule has 0 radical (unpaired) electrons. The molecule has 0 bridgehead atoms. The fraction of sp³-hybridized carbons (Fsp3) is 0.182. The molecule has 94 valence electrons. The Morgan fingerprint density at radius 3 is 2.94 bits per heavy atom. The molecule has 0 spiro atoms. The van der Waals surface area contributed by atoms with Crippen LogP contribution in [0.3, 0.4) is 0 Å². The van der Waals surface area contributed by atoms with Gasteiger partial charge in [0.05, 0.1) is 33.8 Å². The number of aromatic nitrogens is 3. The molecule has 0 saturated carbocycles. The van der Waals surface area contributed by atoms with Gasteiger partial charge in [0.2, 0.25) is 0 Å². The van der Waals surface area contributed by atoms with Gasteiger partial charge in [-0.15, -0.1) is 0 Å². The maximum absolute atomic E-state index is 11.7. The molecule has 2 aromatic heterocycles. The topological polar surface area (TPSA) is 57.0 Å². The number of hydrogen-bond acceptors (Lipinski definition) is 4. The first-order chi connectivity index (χ1) is 8.61. The smallest absolute Gasteiger partial charge is 0.341 e. The molecule has 2 aromatic rings. The molecule has 0 saturated heterocycles. The molecule has 18 heavy (non-hydrogen) atoms. The van der Waals surface area contributed by atoms with Crippen LogP contribution in [0.4, 0.5) is 0 Å². The second-order valence-electron chi connectivity index (χ2n) is 3.36. The zero-order valence-electron chi connectivity index (χ0n) is 9.43. The van der Waals surface area contributed by atoms with Gasteiger partial charge in [-0.1, -0.05) is 11.6 Å². The lowest BCUT2D eigenvalue weighted by Crippen LogP contribution is -2.08. The summed E-state index contributed by atoms with van der Waals surface area (Å²) < 4.78 is 7.52. The van der Waals surface area contributed by atoms with Gasteiger partial charge in [-0.25, -0.2) is 14.5 Å². The molecule has 0 aromatic carbocycles. The molecule has 0 unspecified atom stereocenters. The van der Waals surface area contributed by atoms with Gasteiger partial charge in [0.1, 0.15) is 5.15 Å². The average molecular weight is 378 g/mol. The van der Waals surface area contributed by atoms with Crippen molar-refractivity contribution >= 4 is 40.2 Å². The lowest BCUT2D eigenvalue weighted by molar-refractivity contribution is 0.0526. The first kappa shape index (κ1) is 13.3. The Hall–Kier alpha value is -1.15. The quantitative estimate of drug-likeness (QED) is 0.469. The Balaban J connectivity index is 2.40. The van der Waals surface area contributed by atoms with Crippen LogP contribution < -0.4 is 0 Å². The molecule has 0 fully saturated rings. The first-order valence-corrected chi connectivity index (χ1v) is 6.60. The maximum Gasteiger partial charge on any atom is 0.341 e. The van der Waals surface area contributed by atoms with Crippen LogP contribution in [0, 0.1) is 3.57 Å². The summed E-state index contributed by atoms with van der Waals surface area (Å²) >= 11 is 8.02. The fourth-order valence-corrected chi connectivity index (χ4v) is 1.93. The van der Waals surface area contributed by atoms with Gasteiger partial charge in [0.25, 0.3) is 0 Å². The minimum absolute atomic E-state index is 0.124. The van der Waals surface area contributed by atoms with Crippen molar-refractivity contribution in [3.63, 3.8) is 0 Å². The normalized spacial score (nSPS) is 10.4. The summed E-state index contributed by atoms with van der Waals surface area (Å²) in [5, 5.41) is 4.26. The number of esters is 1. The van der Waals surface area contributed by atoms with E-state index >= 15 is 0 Å². The van der Waals surface area contributed by atoms with Gasteiger partial charge in [-0.05, 0) is 35.6 Å². The van der Waals surface area contributed by atoms with E-state index in [0.29, 0.717) is 12.3 Å². The van der Waals surface area contributed by atoms with Crippen LogP contribution in [0.2, 0.25) is 5.15 Å². The molecule has 0 aliphatic carbocycles. The number of halogens is 2. The van der Waals surface area contributed by atoms with E-state index in [1.807, 2.05) is 6.20 Å². The summed E-state index contributed by atoms with van der Waals surface area (Å²) in [6.45, 7) is 2.03. The summed E-state index contributed by atoms with van der Waals surface area (Å²) in [4.78, 5) is 15.6. The molecule has 0 N–H and O–H groups in total. The van der Waals surface area contributed by atoms with E-state index in [4.69, 9.17) is 16.3 Å². The van der Waals surface area contributed by atoms with Crippen molar-refractivity contribution in [2.45, 2.75) is 6.92 Å². The number of pyridine rings is 1. The van der Waals surface area contributed by atoms with Crippen LogP contribution in [0.5, 0.6) is 0 Å². The summed E-state index contributed by atoms with van der Waals surface area (Å²) in [5.74, 6) is -0.487. The molecular weight excluding hydrogens is 368 g/mol. The van der Waals surface area contributed by atoms with E-state index in [1.165, 1.54) is 0 Å². The molecule has 0 aliphatic heterocycles. The van der Waals surface area contributed by atoms with Crippen molar-refractivity contribution in [2.75, 3.05) is 6.61 Å². The second kappa shape index (κ2) is 5.66. The lowest BCUT2D eigenvalue weighted by Gasteiger charge is -2.06. The van der Waals surface area contributed by atoms with Crippen LogP contribution in [0.25, 0.3) is 5.69 Å². The highest BCUT2D eigenvalue weighted by Gasteiger charge is 2.14. The Morgan fingerprint density at radius 1 is 1.56 bits per heavy atom. The molecule has 7 heteroatoms. The van der Waals surface area contributed by atoms with E-state index < -0.39 is 5.97 Å². The van der Waals surface area contributed by atoms with Crippen molar-refractivity contribution in [1.82, 2.24) is 14.8 Å². The van der Waals surface area contributed by atoms with Crippen LogP contribution in [-0.4, -0.2) is 27.3 Å². The Morgan fingerprint density at radius 2 is 2.33 bits per heavy atom. The number of ether oxygens (including phenoxy) is 1. The number of rotatable bonds is 3. The zero-order chi connectivity index (χ0) is 13.1. The van der Waals surface area contributed by atoms with E-state index in [0.717, 1.165) is 3.57 Å². The summed E-state index contributed by atoms with van der Waals surface area (Å²) in [6.07, 6.45) is 5.08. The van der Waals surface area contributed by atoms with Gasteiger partial charge >= 0.3 is 5.97 Å². The van der Waals surface area contributed by atoms with Crippen molar-refractivity contribution < 1.29 is 9.53 Å². The van der Waals surface area contributed by atoms with Gasteiger partial charge in [0, 0.05) is 6.20 Å². The van der Waals surface area contributed by atoms with Gasteiger partial charge in [0.15, 0.2) is 0 Å². The SMILES string of the molecule is CCOC(=O)c1cc(-n2cc(I)cn2)cnc1Cl. The highest BCUT2D eigenvalue weighted by atomic mass is 127. The first-order valence-electron chi connectivity index (χ1n) is 5.15. The maximum atomic E-state index is 11.7. The van der Waals surface area contributed by atoms with Crippen molar-refractivity contribution in [2.24, 2.45) is 0 Å². The second-order valence-corrected chi connectivity index (χ2v) is 4.96. The number of hydrogen-bond donors (Lipinski definition) is 0. The van der Waals surface area contributed by atoms with E-state index in [-0.39, 0.29) is 10.7 Å². The minimum Gasteiger partial charge on any atom is -0.462 e. The van der Waals surface area contributed by atoms with Gasteiger partial charge < -0.3 is 4.74 Å². The van der Waals surface area contributed by atoms with Crippen molar-refractivity contribution in [3.8, 4) is 5.69 Å². The largest absolute Gasteiger partial charge is 0.462 e. The lowest BCUT2D eigenvalue weighted by atomic mass is 10.2. The van der Waals surface area contributed by atoms with Gasteiger partial charge in [-0.3, -0.25) is 0 Å². The standard InChI is InChI=1S/C11H9ClIN3O2/c1-2-18-11(17)9-3-8(5-14-10(9)12)16-6-7(13)4-15-16/h3-6H,2H2,1H3. The van der Waals surface area contributed by atoms with Crippen molar-refractivity contribution in [1.29, 1.82) is 0 Å². The molecular formula is C11H9ClIN3O2. The van der Waals surface area contributed by atoms with E-state index in [2.05, 4.69) is 32.7 Å². The molecule has 5 nitrogen and oxygen atoms in total. The fourth-order valence-electron chi connectivity index (χ4n) is 1.36. The third-order valence-corrected chi connectivity index (χ3v) is 2.99. The average Bonchev–Trinajstić information content (AvgIpc) is 2.77. The summed E-state index contributed by atoms with van der Waals surface area (Å²) in [6, 6.07) is 1.61. The van der Waals surface area contributed by atoms with Gasteiger partial charge in [-0.2, -0.15) is 5.10 Å². The van der Waals surface area contributed by atoms with E-state index in [9.17, 15) is 4.79 Å². The van der Waals surface area contributed by atoms with Crippen LogP contribution in [0.1, 0.15) is 17.3 Å². The third kappa shape index (κ3) is 2.81. The Bertz CT molecular complexity index is 585. The molecule has 0 aliphatic rings. The third-order valence-electron chi connectivity index (χ3n) is 2.14. The number of carbonyl (C=O) groups is 1. The monoisotopic (exact) mass is 377 g/mol. The highest BCUT2D eigenvalue weighted by molar-refractivity contribution is 14.1. The summed E-state index contributed by atoms with van der Waals surface area (Å²) in [5.41, 5.74) is 0.895. The zero-order valence-corrected chi connectivity index (χ0v) is 12.3. The van der Waals surface area contributed by atoms with Crippen LogP contribution in [-0.2, 0) is 4.74 Å². The minimum atomic E-state index is -0.487. The Labute approximate surface area is 122 Å². The molecule has 2 rings (SSSR count). The number of nitrogens with zero attached hydrogens (tertiary/aromatic N) is 3. The van der Waals surface area contributed by atoms with E-state index in [1.54, 1.807) is 30.1 Å². The van der Waals surface area contributed by atoms with Crippen molar-refractivity contribution in [3.05, 3.63) is 38.9 Å². The molecule has 0 amide bonds. The summed E-state index contributed by atoms with van der Waals surface area (Å²) in [7, 11) is 0. The predicted molar refractivity (Wildman–Crippen MR) is 75.0 cm³/mol.